The monoisotopic (exact) mass is 263 g/mol. The molecule has 1 saturated carbocycles. The van der Waals surface area contributed by atoms with Crippen LogP contribution in [0.1, 0.15) is 55.7 Å². The van der Waals surface area contributed by atoms with Crippen molar-refractivity contribution in [1.29, 1.82) is 0 Å². The summed E-state index contributed by atoms with van der Waals surface area (Å²) in [5, 5.41) is 13.7. The van der Waals surface area contributed by atoms with Crippen LogP contribution in [0.4, 0.5) is 4.39 Å². The van der Waals surface area contributed by atoms with Gasteiger partial charge in [0.05, 0.1) is 6.10 Å². The zero-order chi connectivity index (χ0) is 13.2. The quantitative estimate of drug-likeness (QED) is 0.804. The fraction of sp³-hybridized carbons (Fsp3) is 0.625. The fourth-order valence-corrected chi connectivity index (χ4v) is 3.52. The van der Waals surface area contributed by atoms with Crippen LogP contribution < -0.4 is 5.32 Å². The maximum absolute atomic E-state index is 13.7. The van der Waals surface area contributed by atoms with Gasteiger partial charge >= 0.3 is 0 Å². The molecule has 0 spiro atoms. The van der Waals surface area contributed by atoms with E-state index in [1.165, 1.54) is 12.8 Å². The lowest BCUT2D eigenvalue weighted by atomic mass is 10.0. The van der Waals surface area contributed by atoms with Crippen molar-refractivity contribution in [3.63, 3.8) is 0 Å². The minimum Gasteiger partial charge on any atom is -0.392 e. The van der Waals surface area contributed by atoms with Gasteiger partial charge in [0.2, 0.25) is 0 Å². The first-order valence-electron chi connectivity index (χ1n) is 7.47. The van der Waals surface area contributed by atoms with Crippen molar-refractivity contribution < 1.29 is 9.50 Å². The summed E-state index contributed by atoms with van der Waals surface area (Å²) in [6, 6.07) is 5.73. The van der Waals surface area contributed by atoms with Gasteiger partial charge in [-0.15, -0.1) is 0 Å². The lowest BCUT2D eigenvalue weighted by Gasteiger charge is -2.26. The van der Waals surface area contributed by atoms with Crippen molar-refractivity contribution in [2.75, 3.05) is 0 Å². The van der Waals surface area contributed by atoms with Gasteiger partial charge < -0.3 is 10.4 Å². The Hall–Kier alpha value is -0.930. The first-order valence-corrected chi connectivity index (χ1v) is 7.47. The molecule has 104 valence electrons. The number of nitrogens with one attached hydrogen (secondary N) is 1. The van der Waals surface area contributed by atoms with E-state index in [0.29, 0.717) is 0 Å². The number of halogens is 1. The van der Waals surface area contributed by atoms with Gasteiger partial charge in [0, 0.05) is 12.1 Å². The molecule has 19 heavy (non-hydrogen) atoms. The van der Waals surface area contributed by atoms with Crippen LogP contribution in [-0.4, -0.2) is 17.3 Å². The zero-order valence-corrected chi connectivity index (χ0v) is 11.2. The summed E-state index contributed by atoms with van der Waals surface area (Å²) >= 11 is 0. The number of aliphatic hydroxyl groups excluding tert-OH is 1. The second-order valence-corrected chi connectivity index (χ2v) is 5.88. The van der Waals surface area contributed by atoms with Crippen LogP contribution in [0.2, 0.25) is 0 Å². The average Bonchev–Trinajstić information content (AvgIpc) is 2.70. The molecule has 0 heterocycles. The number of fused-ring (bicyclic) bond motifs is 1. The Labute approximate surface area is 114 Å². The minimum atomic E-state index is -0.250. The van der Waals surface area contributed by atoms with Gasteiger partial charge in [-0.25, -0.2) is 4.39 Å². The van der Waals surface area contributed by atoms with E-state index in [4.69, 9.17) is 0 Å². The standard InChI is InChI=1S/C16H22FNO/c17-13-6-4-5-12-11(13)9-10-14(12)18-15-7-2-1-3-8-16(15)19/h4-6,14-16,18-19H,1-3,7-10H2. The Morgan fingerprint density at radius 3 is 2.84 bits per heavy atom. The van der Waals surface area contributed by atoms with Crippen molar-refractivity contribution in [2.45, 2.75) is 63.1 Å². The van der Waals surface area contributed by atoms with Crippen molar-refractivity contribution in [2.24, 2.45) is 0 Å². The molecule has 0 aromatic heterocycles. The molecule has 2 nitrogen and oxygen atoms in total. The molecule has 0 saturated heterocycles. The van der Waals surface area contributed by atoms with Crippen molar-refractivity contribution >= 4 is 0 Å². The number of rotatable bonds is 2. The summed E-state index contributed by atoms with van der Waals surface area (Å²) in [6.45, 7) is 0. The van der Waals surface area contributed by atoms with Gasteiger partial charge in [0.15, 0.2) is 0 Å². The van der Waals surface area contributed by atoms with Crippen molar-refractivity contribution in [3.8, 4) is 0 Å². The van der Waals surface area contributed by atoms with E-state index in [-0.39, 0.29) is 24.0 Å². The Balaban J connectivity index is 1.73. The van der Waals surface area contributed by atoms with E-state index in [9.17, 15) is 9.50 Å². The van der Waals surface area contributed by atoms with Gasteiger partial charge in [-0.3, -0.25) is 0 Å². The van der Waals surface area contributed by atoms with Crippen LogP contribution in [0.25, 0.3) is 0 Å². The predicted octanol–water partition coefficient (Wildman–Crippen LogP) is 3.10. The molecule has 1 fully saturated rings. The Morgan fingerprint density at radius 1 is 1.11 bits per heavy atom. The van der Waals surface area contributed by atoms with Gasteiger partial charge in [0.25, 0.3) is 0 Å². The summed E-state index contributed by atoms with van der Waals surface area (Å²) < 4.78 is 13.7. The third-order valence-corrected chi connectivity index (χ3v) is 4.61. The SMILES string of the molecule is OC1CCCCCC1NC1CCc2c(F)cccc21. The highest BCUT2D eigenvalue weighted by Gasteiger charge is 2.29. The van der Waals surface area contributed by atoms with Crippen LogP contribution in [0.3, 0.4) is 0 Å². The number of benzene rings is 1. The maximum atomic E-state index is 13.7. The molecule has 2 aliphatic rings. The fourth-order valence-electron chi connectivity index (χ4n) is 3.52. The second-order valence-electron chi connectivity index (χ2n) is 5.88. The molecular weight excluding hydrogens is 241 g/mol. The summed E-state index contributed by atoms with van der Waals surface area (Å²) in [4.78, 5) is 0. The zero-order valence-electron chi connectivity index (χ0n) is 11.2. The molecule has 3 unspecified atom stereocenters. The summed E-state index contributed by atoms with van der Waals surface area (Å²) in [5.74, 6) is -0.0804. The first kappa shape index (κ1) is 13.1. The highest BCUT2D eigenvalue weighted by Crippen LogP contribution is 2.34. The molecule has 3 rings (SSSR count). The summed E-state index contributed by atoms with van der Waals surface area (Å²) in [6.07, 6.45) is 6.93. The number of hydrogen-bond donors (Lipinski definition) is 2. The summed E-state index contributed by atoms with van der Waals surface area (Å²) in [5.41, 5.74) is 1.96. The maximum Gasteiger partial charge on any atom is 0.126 e. The van der Waals surface area contributed by atoms with Crippen LogP contribution in [0.5, 0.6) is 0 Å². The third-order valence-electron chi connectivity index (χ3n) is 4.61. The van der Waals surface area contributed by atoms with E-state index < -0.39 is 0 Å². The first-order chi connectivity index (χ1) is 9.25. The molecular formula is C16H22FNO. The number of hydrogen-bond acceptors (Lipinski definition) is 2. The molecule has 1 aromatic rings. The summed E-state index contributed by atoms with van der Waals surface area (Å²) in [7, 11) is 0. The Bertz CT molecular complexity index is 448. The minimum absolute atomic E-state index is 0.0804. The Kier molecular flexibility index (Phi) is 3.85. The van der Waals surface area contributed by atoms with Crippen LogP contribution in [0.15, 0.2) is 18.2 Å². The van der Waals surface area contributed by atoms with E-state index in [2.05, 4.69) is 5.32 Å². The molecule has 2 aliphatic carbocycles. The molecule has 3 heteroatoms. The molecule has 0 aliphatic heterocycles. The lowest BCUT2D eigenvalue weighted by Crippen LogP contribution is -2.40. The average molecular weight is 263 g/mol. The second kappa shape index (κ2) is 5.59. The molecule has 0 radical (unpaired) electrons. The highest BCUT2D eigenvalue weighted by atomic mass is 19.1. The van der Waals surface area contributed by atoms with Crippen molar-refractivity contribution in [1.82, 2.24) is 5.32 Å². The van der Waals surface area contributed by atoms with Crippen LogP contribution in [0, 0.1) is 5.82 Å². The normalized spacial score (nSPS) is 30.9. The highest BCUT2D eigenvalue weighted by molar-refractivity contribution is 5.35. The molecule has 0 amide bonds. The van der Waals surface area contributed by atoms with E-state index in [1.807, 2.05) is 6.07 Å². The lowest BCUT2D eigenvalue weighted by molar-refractivity contribution is 0.113. The number of aliphatic hydroxyl groups is 1. The smallest absolute Gasteiger partial charge is 0.126 e. The topological polar surface area (TPSA) is 32.3 Å². The third kappa shape index (κ3) is 2.67. The molecule has 1 aromatic carbocycles. The molecule has 2 N–H and O–H groups in total. The van der Waals surface area contributed by atoms with Gasteiger partial charge in [0.1, 0.15) is 5.82 Å². The van der Waals surface area contributed by atoms with E-state index in [0.717, 1.165) is 43.2 Å². The molecule has 3 atom stereocenters. The van der Waals surface area contributed by atoms with Crippen molar-refractivity contribution in [3.05, 3.63) is 35.1 Å². The van der Waals surface area contributed by atoms with Gasteiger partial charge in [-0.05, 0) is 42.9 Å². The van der Waals surface area contributed by atoms with E-state index in [1.54, 1.807) is 12.1 Å². The van der Waals surface area contributed by atoms with Gasteiger partial charge in [-0.1, -0.05) is 31.4 Å². The van der Waals surface area contributed by atoms with E-state index >= 15 is 0 Å². The van der Waals surface area contributed by atoms with Crippen LogP contribution >= 0.6 is 0 Å². The van der Waals surface area contributed by atoms with Crippen LogP contribution in [-0.2, 0) is 6.42 Å². The largest absolute Gasteiger partial charge is 0.392 e. The van der Waals surface area contributed by atoms with Gasteiger partial charge in [-0.2, -0.15) is 0 Å². The predicted molar refractivity (Wildman–Crippen MR) is 73.5 cm³/mol. The Morgan fingerprint density at radius 2 is 1.95 bits per heavy atom. The molecule has 0 bridgehead atoms.